The molecule has 0 spiro atoms. The quantitative estimate of drug-likeness (QED) is 0.347. The number of carbonyl (C=O) groups excluding carboxylic acids is 2. The molecule has 0 radical (unpaired) electrons. The van der Waals surface area contributed by atoms with Gasteiger partial charge in [-0.05, 0) is 12.8 Å². The van der Waals surface area contributed by atoms with Gasteiger partial charge >= 0.3 is 11.9 Å². The molecule has 1 saturated heterocycles. The van der Waals surface area contributed by atoms with E-state index in [0.29, 0.717) is 30.3 Å². The van der Waals surface area contributed by atoms with Crippen molar-refractivity contribution in [2.24, 2.45) is 0 Å². The molecule has 0 aliphatic carbocycles. The normalized spacial score (nSPS) is 25.0. The fourth-order valence-corrected chi connectivity index (χ4v) is 1.82. The van der Waals surface area contributed by atoms with Crippen molar-refractivity contribution >= 4 is 34.5 Å². The van der Waals surface area contributed by atoms with Crippen LogP contribution in [0.4, 0.5) is 0 Å². The first-order valence-electron chi connectivity index (χ1n) is 5.15. The minimum atomic E-state index is -0.980. The number of alkyl halides is 1. The Morgan fingerprint density at radius 2 is 2.38 bits per heavy atom. The maximum atomic E-state index is 11.0. The van der Waals surface area contributed by atoms with E-state index in [0.717, 1.165) is 0 Å². The molecule has 5 nitrogen and oxygen atoms in total. The second kappa shape index (κ2) is 6.39. The summed E-state index contributed by atoms with van der Waals surface area (Å²) in [5.74, 6) is -0.617. The zero-order valence-electron chi connectivity index (χ0n) is 8.91. The van der Waals surface area contributed by atoms with Crippen LogP contribution < -0.4 is 0 Å². The standard InChI is InChI=1S/C10H15IO5/c11-7-9(13)15-4-1-2-10(14)3-5-16-8(12)6-10/h14H,1-7H2. The lowest BCUT2D eigenvalue weighted by molar-refractivity contribution is -0.161. The molecule has 1 N–H and O–H groups in total. The Balaban J connectivity index is 2.20. The maximum Gasteiger partial charge on any atom is 0.315 e. The van der Waals surface area contributed by atoms with Crippen LogP contribution in [0.25, 0.3) is 0 Å². The van der Waals surface area contributed by atoms with Crippen molar-refractivity contribution in [2.45, 2.75) is 31.3 Å². The van der Waals surface area contributed by atoms with E-state index in [2.05, 4.69) is 0 Å². The lowest BCUT2D eigenvalue weighted by atomic mass is 9.89. The molecular formula is C10H15IO5. The first kappa shape index (κ1) is 13.7. The van der Waals surface area contributed by atoms with Crippen molar-refractivity contribution in [3.63, 3.8) is 0 Å². The molecule has 1 unspecified atom stereocenters. The van der Waals surface area contributed by atoms with Crippen LogP contribution in [-0.2, 0) is 19.1 Å². The number of carbonyl (C=O) groups is 2. The van der Waals surface area contributed by atoms with Crippen LogP contribution in [0.2, 0.25) is 0 Å². The van der Waals surface area contributed by atoms with Gasteiger partial charge in [-0.2, -0.15) is 0 Å². The lowest BCUT2D eigenvalue weighted by Crippen LogP contribution is -2.38. The molecule has 1 fully saturated rings. The summed E-state index contributed by atoms with van der Waals surface area (Å²) in [4.78, 5) is 21.8. The Hall–Kier alpha value is -0.370. The molecule has 92 valence electrons. The van der Waals surface area contributed by atoms with Crippen molar-refractivity contribution in [1.82, 2.24) is 0 Å². The molecule has 1 aliphatic heterocycles. The molecule has 0 aromatic carbocycles. The summed E-state index contributed by atoms with van der Waals surface area (Å²) in [7, 11) is 0. The van der Waals surface area contributed by atoms with E-state index < -0.39 is 5.60 Å². The Morgan fingerprint density at radius 3 is 3.00 bits per heavy atom. The molecule has 0 bridgehead atoms. The molecule has 1 atom stereocenters. The van der Waals surface area contributed by atoms with Gasteiger partial charge in [-0.15, -0.1) is 0 Å². The Bertz CT molecular complexity index is 268. The predicted octanol–water partition coefficient (Wildman–Crippen LogP) is 0.813. The zero-order chi connectivity index (χ0) is 12.0. The summed E-state index contributed by atoms with van der Waals surface area (Å²) in [6, 6.07) is 0. The fraction of sp³-hybridized carbons (Fsp3) is 0.800. The highest BCUT2D eigenvalue weighted by molar-refractivity contribution is 14.1. The number of ether oxygens (including phenoxy) is 2. The summed E-state index contributed by atoms with van der Waals surface area (Å²) in [5, 5.41) is 10.0. The molecule has 1 rings (SSSR count). The molecule has 16 heavy (non-hydrogen) atoms. The molecule has 0 saturated carbocycles. The summed E-state index contributed by atoms with van der Waals surface area (Å²) in [6.45, 7) is 0.558. The average Bonchev–Trinajstić information content (AvgIpc) is 2.23. The van der Waals surface area contributed by atoms with Gasteiger partial charge in [-0.1, -0.05) is 22.6 Å². The van der Waals surface area contributed by atoms with Crippen molar-refractivity contribution in [1.29, 1.82) is 0 Å². The molecule has 0 amide bonds. The first-order valence-corrected chi connectivity index (χ1v) is 6.68. The summed E-state index contributed by atoms with van der Waals surface area (Å²) in [5.41, 5.74) is -0.980. The van der Waals surface area contributed by atoms with E-state index >= 15 is 0 Å². The Morgan fingerprint density at radius 1 is 1.62 bits per heavy atom. The molecule has 1 aliphatic rings. The minimum absolute atomic E-state index is 0.0350. The van der Waals surface area contributed by atoms with Crippen molar-refractivity contribution in [3.8, 4) is 0 Å². The molecule has 0 aromatic rings. The van der Waals surface area contributed by atoms with Gasteiger partial charge in [-0.3, -0.25) is 9.59 Å². The Labute approximate surface area is 108 Å². The highest BCUT2D eigenvalue weighted by Crippen LogP contribution is 2.26. The van der Waals surface area contributed by atoms with Gasteiger partial charge < -0.3 is 14.6 Å². The topological polar surface area (TPSA) is 72.8 Å². The van der Waals surface area contributed by atoms with E-state index in [1.165, 1.54) is 0 Å². The third kappa shape index (κ3) is 4.65. The summed E-state index contributed by atoms with van der Waals surface area (Å²) in [6.07, 6.45) is 1.51. The van der Waals surface area contributed by atoms with Crippen LogP contribution in [0.1, 0.15) is 25.7 Å². The number of halogens is 1. The van der Waals surface area contributed by atoms with Crippen molar-refractivity contribution in [2.75, 3.05) is 17.6 Å². The number of aliphatic hydroxyl groups is 1. The third-order valence-corrected chi connectivity index (χ3v) is 3.09. The van der Waals surface area contributed by atoms with E-state index in [4.69, 9.17) is 9.47 Å². The minimum Gasteiger partial charge on any atom is -0.465 e. The van der Waals surface area contributed by atoms with E-state index in [-0.39, 0.29) is 25.0 Å². The van der Waals surface area contributed by atoms with Gasteiger partial charge in [0.1, 0.15) is 0 Å². The number of hydrogen-bond acceptors (Lipinski definition) is 5. The van der Waals surface area contributed by atoms with Crippen LogP contribution in [-0.4, -0.2) is 40.3 Å². The van der Waals surface area contributed by atoms with Gasteiger partial charge in [0, 0.05) is 6.42 Å². The predicted molar refractivity (Wildman–Crippen MR) is 64.2 cm³/mol. The average molecular weight is 342 g/mol. The molecule has 6 heteroatoms. The highest BCUT2D eigenvalue weighted by atomic mass is 127. The molecule has 0 aromatic heterocycles. The van der Waals surface area contributed by atoms with Gasteiger partial charge in [0.25, 0.3) is 0 Å². The monoisotopic (exact) mass is 342 g/mol. The van der Waals surface area contributed by atoms with Crippen molar-refractivity contribution in [3.05, 3.63) is 0 Å². The number of rotatable bonds is 5. The van der Waals surface area contributed by atoms with Crippen LogP contribution in [0.3, 0.4) is 0 Å². The van der Waals surface area contributed by atoms with E-state index in [1.807, 2.05) is 22.6 Å². The molecular weight excluding hydrogens is 327 g/mol. The molecule has 1 heterocycles. The maximum absolute atomic E-state index is 11.0. The largest absolute Gasteiger partial charge is 0.465 e. The van der Waals surface area contributed by atoms with E-state index in [1.54, 1.807) is 0 Å². The summed E-state index contributed by atoms with van der Waals surface area (Å²) >= 11 is 1.93. The zero-order valence-corrected chi connectivity index (χ0v) is 11.1. The van der Waals surface area contributed by atoms with Gasteiger partial charge in [0.15, 0.2) is 0 Å². The van der Waals surface area contributed by atoms with Crippen LogP contribution in [0, 0.1) is 0 Å². The summed E-state index contributed by atoms with van der Waals surface area (Å²) < 4.78 is 9.96. The fourth-order valence-electron chi connectivity index (χ4n) is 1.60. The van der Waals surface area contributed by atoms with Crippen LogP contribution >= 0.6 is 22.6 Å². The number of cyclic esters (lactones) is 1. The lowest BCUT2D eigenvalue weighted by Gasteiger charge is -2.30. The van der Waals surface area contributed by atoms with Gasteiger partial charge in [0.2, 0.25) is 0 Å². The SMILES string of the molecule is O=C(CI)OCCCC1(O)CCOC(=O)C1. The first-order chi connectivity index (χ1) is 7.56. The third-order valence-electron chi connectivity index (χ3n) is 2.46. The smallest absolute Gasteiger partial charge is 0.315 e. The Kier molecular flexibility index (Phi) is 5.47. The highest BCUT2D eigenvalue weighted by Gasteiger charge is 2.34. The second-order valence-electron chi connectivity index (χ2n) is 3.83. The number of esters is 2. The second-order valence-corrected chi connectivity index (χ2v) is 4.59. The van der Waals surface area contributed by atoms with Gasteiger partial charge in [-0.25, -0.2) is 0 Å². The van der Waals surface area contributed by atoms with Crippen molar-refractivity contribution < 1.29 is 24.2 Å². The van der Waals surface area contributed by atoms with Gasteiger partial charge in [0.05, 0.1) is 29.7 Å². The van der Waals surface area contributed by atoms with Crippen LogP contribution in [0.5, 0.6) is 0 Å². The number of hydrogen-bond donors (Lipinski definition) is 1. The van der Waals surface area contributed by atoms with Crippen LogP contribution in [0.15, 0.2) is 0 Å². The van der Waals surface area contributed by atoms with E-state index in [9.17, 15) is 14.7 Å².